The summed E-state index contributed by atoms with van der Waals surface area (Å²) in [5, 5.41) is 2.97. The lowest BCUT2D eigenvalue weighted by molar-refractivity contribution is 0.215. The van der Waals surface area contributed by atoms with Crippen LogP contribution in [0.1, 0.15) is 23.6 Å². The lowest BCUT2D eigenvalue weighted by Crippen LogP contribution is -2.36. The minimum atomic E-state index is -0.0557. The Labute approximate surface area is 132 Å². The van der Waals surface area contributed by atoms with E-state index in [1.165, 1.54) is 16.7 Å². The van der Waals surface area contributed by atoms with E-state index in [4.69, 9.17) is 0 Å². The summed E-state index contributed by atoms with van der Waals surface area (Å²) in [4.78, 5) is 18.2. The molecule has 116 valence electrons. The molecule has 22 heavy (non-hydrogen) atoms. The number of pyridine rings is 1. The molecule has 4 nitrogen and oxygen atoms in total. The van der Waals surface area contributed by atoms with Crippen molar-refractivity contribution in [3.63, 3.8) is 0 Å². The quantitative estimate of drug-likeness (QED) is 0.912. The molecule has 0 spiro atoms. The molecule has 1 aromatic carbocycles. The number of urea groups is 1. The topological polar surface area (TPSA) is 45.2 Å². The fourth-order valence-electron chi connectivity index (χ4n) is 2.24. The van der Waals surface area contributed by atoms with Gasteiger partial charge in [-0.15, -0.1) is 0 Å². The lowest BCUT2D eigenvalue weighted by atomic mass is 10.1. The monoisotopic (exact) mass is 297 g/mol. The molecule has 0 saturated carbocycles. The van der Waals surface area contributed by atoms with Crippen LogP contribution >= 0.6 is 0 Å². The van der Waals surface area contributed by atoms with Gasteiger partial charge in [-0.2, -0.15) is 0 Å². The van der Waals surface area contributed by atoms with Crippen LogP contribution in [-0.2, 0) is 6.42 Å². The molecule has 0 radical (unpaired) electrons. The van der Waals surface area contributed by atoms with Crippen molar-refractivity contribution < 1.29 is 4.79 Å². The largest absolute Gasteiger partial charge is 0.324 e. The van der Waals surface area contributed by atoms with Gasteiger partial charge in [-0.25, -0.2) is 4.79 Å². The minimum absolute atomic E-state index is 0.0557. The molecule has 1 N–H and O–H groups in total. The van der Waals surface area contributed by atoms with Gasteiger partial charge < -0.3 is 10.2 Å². The van der Waals surface area contributed by atoms with Gasteiger partial charge in [-0.05, 0) is 68.1 Å². The van der Waals surface area contributed by atoms with Crippen LogP contribution in [0.4, 0.5) is 10.5 Å². The van der Waals surface area contributed by atoms with Crippen molar-refractivity contribution in [2.24, 2.45) is 0 Å². The molecule has 1 aromatic heterocycles. The highest BCUT2D eigenvalue weighted by Gasteiger charge is 2.11. The number of aromatic nitrogens is 1. The van der Waals surface area contributed by atoms with Gasteiger partial charge in [0.25, 0.3) is 0 Å². The number of amides is 2. The highest BCUT2D eigenvalue weighted by Crippen LogP contribution is 2.14. The molecule has 4 heteroatoms. The average Bonchev–Trinajstić information content (AvgIpc) is 2.52. The molecule has 0 atom stereocenters. The Morgan fingerprint density at radius 1 is 1.14 bits per heavy atom. The highest BCUT2D eigenvalue weighted by molar-refractivity contribution is 5.89. The van der Waals surface area contributed by atoms with Gasteiger partial charge in [0.1, 0.15) is 0 Å². The molecule has 0 fully saturated rings. The minimum Gasteiger partial charge on any atom is -0.324 e. The van der Waals surface area contributed by atoms with Crippen LogP contribution in [0.5, 0.6) is 0 Å². The molecule has 0 aliphatic heterocycles. The van der Waals surface area contributed by atoms with E-state index in [0.717, 1.165) is 12.1 Å². The summed E-state index contributed by atoms with van der Waals surface area (Å²) < 4.78 is 0. The number of anilines is 1. The molecule has 0 bridgehead atoms. The lowest BCUT2D eigenvalue weighted by Gasteiger charge is -2.21. The molecule has 0 unspecified atom stereocenters. The number of hydrogen-bond donors (Lipinski definition) is 1. The first-order valence-corrected chi connectivity index (χ1v) is 7.62. The smallest absolute Gasteiger partial charge is 0.321 e. The first-order valence-electron chi connectivity index (χ1n) is 7.62. The molecular weight excluding hydrogens is 274 g/mol. The number of carbonyl (C=O) groups is 1. The maximum atomic E-state index is 12.4. The first-order chi connectivity index (χ1) is 10.6. The van der Waals surface area contributed by atoms with E-state index in [1.807, 2.05) is 49.1 Å². The summed E-state index contributed by atoms with van der Waals surface area (Å²) in [5.41, 5.74) is 4.43. The molecule has 2 rings (SSSR count). The normalized spacial score (nSPS) is 10.3. The molecule has 0 saturated heterocycles. The zero-order valence-corrected chi connectivity index (χ0v) is 13.5. The number of aryl methyl sites for hydroxylation is 2. The second-order valence-electron chi connectivity index (χ2n) is 5.41. The number of likely N-dealkylation sites (N-methyl/N-ethyl adjacent to an activating group) is 1. The van der Waals surface area contributed by atoms with Crippen molar-refractivity contribution >= 4 is 11.7 Å². The number of hydrogen-bond acceptors (Lipinski definition) is 2. The van der Waals surface area contributed by atoms with E-state index in [1.54, 1.807) is 12.4 Å². The van der Waals surface area contributed by atoms with Gasteiger partial charge in [0.2, 0.25) is 0 Å². The third-order valence-corrected chi connectivity index (χ3v) is 3.85. The van der Waals surface area contributed by atoms with Gasteiger partial charge in [0, 0.05) is 31.2 Å². The van der Waals surface area contributed by atoms with E-state index < -0.39 is 0 Å². The van der Waals surface area contributed by atoms with Crippen molar-refractivity contribution in [2.75, 3.05) is 18.4 Å². The van der Waals surface area contributed by atoms with E-state index in [2.05, 4.69) is 17.2 Å². The number of nitrogens with one attached hydrogen (secondary N) is 1. The molecular formula is C18H23N3O. The van der Waals surface area contributed by atoms with Crippen molar-refractivity contribution in [3.05, 3.63) is 59.4 Å². The first kappa shape index (κ1) is 16.0. The molecule has 0 aliphatic carbocycles. The standard InChI is InChI=1S/C18H23N3O/c1-4-21(12-9-16-7-10-19-11-8-16)18(22)20-17-6-5-14(2)15(3)13-17/h5-8,10-11,13H,4,9,12H2,1-3H3,(H,20,22). The number of nitrogens with zero attached hydrogens (tertiary/aromatic N) is 2. The third-order valence-electron chi connectivity index (χ3n) is 3.85. The van der Waals surface area contributed by atoms with Crippen LogP contribution < -0.4 is 5.32 Å². The summed E-state index contributed by atoms with van der Waals surface area (Å²) in [6.07, 6.45) is 4.39. The van der Waals surface area contributed by atoms with Crippen LogP contribution in [0.2, 0.25) is 0 Å². The Kier molecular flexibility index (Phi) is 5.53. The van der Waals surface area contributed by atoms with E-state index in [0.29, 0.717) is 13.1 Å². The van der Waals surface area contributed by atoms with Crippen LogP contribution in [0.15, 0.2) is 42.7 Å². The summed E-state index contributed by atoms with van der Waals surface area (Å²) in [5.74, 6) is 0. The van der Waals surface area contributed by atoms with Gasteiger partial charge in [0.15, 0.2) is 0 Å². The van der Waals surface area contributed by atoms with Gasteiger partial charge in [-0.3, -0.25) is 4.98 Å². The summed E-state index contributed by atoms with van der Waals surface area (Å²) in [6, 6.07) is 9.88. The Bertz CT molecular complexity index is 625. The van der Waals surface area contributed by atoms with Crippen LogP contribution in [0, 0.1) is 13.8 Å². The molecule has 2 aromatic rings. The van der Waals surface area contributed by atoms with Crippen LogP contribution in [-0.4, -0.2) is 29.0 Å². The summed E-state index contributed by atoms with van der Waals surface area (Å²) >= 11 is 0. The number of benzene rings is 1. The Morgan fingerprint density at radius 2 is 1.86 bits per heavy atom. The predicted molar refractivity (Wildman–Crippen MR) is 90.1 cm³/mol. The highest BCUT2D eigenvalue weighted by atomic mass is 16.2. The van der Waals surface area contributed by atoms with E-state index in [-0.39, 0.29) is 6.03 Å². The second-order valence-corrected chi connectivity index (χ2v) is 5.41. The van der Waals surface area contributed by atoms with E-state index in [9.17, 15) is 4.79 Å². The fourth-order valence-corrected chi connectivity index (χ4v) is 2.24. The average molecular weight is 297 g/mol. The van der Waals surface area contributed by atoms with Crippen molar-refractivity contribution in [3.8, 4) is 0 Å². The SMILES string of the molecule is CCN(CCc1ccncc1)C(=O)Nc1ccc(C)c(C)c1. The Balaban J connectivity index is 1.95. The van der Waals surface area contributed by atoms with Gasteiger partial charge >= 0.3 is 6.03 Å². The van der Waals surface area contributed by atoms with Gasteiger partial charge in [0.05, 0.1) is 0 Å². The predicted octanol–water partition coefficient (Wildman–Crippen LogP) is 3.79. The van der Waals surface area contributed by atoms with Gasteiger partial charge in [-0.1, -0.05) is 6.07 Å². The zero-order valence-electron chi connectivity index (χ0n) is 13.5. The van der Waals surface area contributed by atoms with E-state index >= 15 is 0 Å². The van der Waals surface area contributed by atoms with Crippen molar-refractivity contribution in [2.45, 2.75) is 27.2 Å². The fraction of sp³-hybridized carbons (Fsp3) is 0.333. The Hall–Kier alpha value is -2.36. The third kappa shape index (κ3) is 4.32. The number of rotatable bonds is 5. The van der Waals surface area contributed by atoms with Crippen molar-refractivity contribution in [1.82, 2.24) is 9.88 Å². The maximum absolute atomic E-state index is 12.4. The maximum Gasteiger partial charge on any atom is 0.321 e. The van der Waals surface area contributed by atoms with Crippen LogP contribution in [0.3, 0.4) is 0 Å². The van der Waals surface area contributed by atoms with Crippen LogP contribution in [0.25, 0.3) is 0 Å². The summed E-state index contributed by atoms with van der Waals surface area (Å²) in [6.45, 7) is 7.48. The molecule has 0 aliphatic rings. The number of carbonyl (C=O) groups excluding carboxylic acids is 1. The summed E-state index contributed by atoms with van der Waals surface area (Å²) in [7, 11) is 0. The second kappa shape index (κ2) is 7.59. The van der Waals surface area contributed by atoms with Crippen molar-refractivity contribution in [1.29, 1.82) is 0 Å². The zero-order chi connectivity index (χ0) is 15.9. The Morgan fingerprint density at radius 3 is 2.50 bits per heavy atom. The molecule has 1 heterocycles. The molecule has 2 amide bonds.